The van der Waals surface area contributed by atoms with Crippen molar-refractivity contribution in [1.29, 1.82) is 0 Å². The predicted molar refractivity (Wildman–Crippen MR) is 198 cm³/mol. The quantitative estimate of drug-likeness (QED) is 0.100. The zero-order valence-corrected chi connectivity index (χ0v) is 31.9. The van der Waals surface area contributed by atoms with Gasteiger partial charge >= 0.3 is 17.1 Å². The van der Waals surface area contributed by atoms with E-state index < -0.39 is 0 Å². The summed E-state index contributed by atoms with van der Waals surface area (Å²) in [5.74, 6) is 1.60. The standard InChI is InChI=1S/C38H55NP2.C5.Fe/c1-39(2)38(35-27-17-29-37(35)41(32-22-11-5-12-23-32)33-24-13-6-14-25-33)34-26-15-16-28-36(34)40(30-18-7-3-8-19-30)31-20-9-4-10-21-31;1-2-4-5-3-1;/h15-16,26,28,30-33,38H,3-14,18-25H2,1-2H3;;/q2*-1;+2/t38-;;/m1../s1. The number of rotatable bonds is 9. The summed E-state index contributed by atoms with van der Waals surface area (Å²) in [4.78, 5) is 2.53. The van der Waals surface area contributed by atoms with Gasteiger partial charge in [-0.05, 0) is 93.8 Å². The topological polar surface area (TPSA) is 3.24 Å². The Balaban J connectivity index is 0.000000662. The molecule has 0 N–H and O–H groups in total. The number of nitrogens with zero attached hydrogens (tertiary/aromatic N) is 1. The van der Waals surface area contributed by atoms with Gasteiger partial charge in [-0.25, -0.2) is 5.73 Å². The van der Waals surface area contributed by atoms with Crippen molar-refractivity contribution in [3.63, 3.8) is 0 Å². The van der Waals surface area contributed by atoms with Gasteiger partial charge in [-0.1, -0.05) is 104 Å². The van der Waals surface area contributed by atoms with Crippen LogP contribution in [0.5, 0.6) is 0 Å². The number of allylic oxidation sites excluding steroid dienone is 4. The van der Waals surface area contributed by atoms with E-state index in [1.165, 1.54) is 134 Å². The summed E-state index contributed by atoms with van der Waals surface area (Å²) in [6.07, 6.45) is 43.8. The van der Waals surface area contributed by atoms with E-state index in [0.29, 0.717) is 0 Å². The molecule has 0 unspecified atom stereocenters. The summed E-state index contributed by atoms with van der Waals surface area (Å²) in [5.41, 5.74) is 23.6. The van der Waals surface area contributed by atoms with Gasteiger partial charge in [-0.15, -0.1) is 29.8 Å². The second kappa shape index (κ2) is 19.3. The third-order valence-corrected chi connectivity index (χ3v) is 18.4. The molecule has 0 amide bonds. The Morgan fingerprint density at radius 2 is 1.19 bits per heavy atom. The Bertz CT molecular complexity index is 1320. The number of hydrogen-bond donors (Lipinski definition) is 0. The largest absolute Gasteiger partial charge is 2.00 e. The van der Waals surface area contributed by atoms with Gasteiger partial charge < -0.3 is 4.90 Å². The van der Waals surface area contributed by atoms with Crippen LogP contribution >= 0.6 is 15.8 Å². The maximum Gasteiger partial charge on any atom is 2.00 e. The number of likely N-dealkylation sites (N-methyl/N-ethyl adjacent to an activating group) is 1. The van der Waals surface area contributed by atoms with E-state index in [0.717, 1.165) is 22.6 Å². The van der Waals surface area contributed by atoms with Crippen molar-refractivity contribution >= 4 is 15.8 Å². The third kappa shape index (κ3) is 9.55. The van der Waals surface area contributed by atoms with Crippen LogP contribution in [0.15, 0.2) is 68.8 Å². The average Bonchev–Trinajstić information content (AvgIpc) is 3.85. The molecule has 0 saturated heterocycles. The molecule has 0 aliphatic heterocycles. The summed E-state index contributed by atoms with van der Waals surface area (Å²) in [6, 6.07) is 0.276. The van der Waals surface area contributed by atoms with Crippen LogP contribution in [-0.4, -0.2) is 47.7 Å². The average molecular weight is 704 g/mol. The van der Waals surface area contributed by atoms with Crippen molar-refractivity contribution in [2.45, 2.75) is 157 Å². The molecule has 7 aliphatic rings. The summed E-state index contributed by atoms with van der Waals surface area (Å²) in [7, 11) is 4.30. The van der Waals surface area contributed by atoms with Crippen LogP contribution in [0.2, 0.25) is 0 Å². The minimum absolute atomic E-state index is 0. The normalized spacial score (nSPS) is 24.1. The van der Waals surface area contributed by atoms with Gasteiger partial charge in [-0.3, -0.25) is 11.5 Å². The first-order valence-electron chi connectivity index (χ1n) is 18.8. The minimum atomic E-state index is -0.212. The van der Waals surface area contributed by atoms with E-state index in [9.17, 15) is 0 Å². The molecular weight excluding hydrogens is 648 g/mol. The second-order valence-electron chi connectivity index (χ2n) is 14.7. The van der Waals surface area contributed by atoms with Crippen LogP contribution in [0.3, 0.4) is 0 Å². The molecule has 4 heteroatoms. The van der Waals surface area contributed by atoms with Crippen LogP contribution in [0, 0.1) is 24.5 Å². The summed E-state index contributed by atoms with van der Waals surface area (Å²) in [6.45, 7) is 0. The van der Waals surface area contributed by atoms with Crippen molar-refractivity contribution in [2.24, 2.45) is 0 Å². The van der Waals surface area contributed by atoms with Gasteiger partial charge in [0.25, 0.3) is 0 Å². The van der Waals surface area contributed by atoms with Crippen LogP contribution in [0.1, 0.15) is 128 Å². The van der Waals surface area contributed by atoms with Gasteiger partial charge in [0, 0.05) is 16.9 Å². The SMILES string of the molecule is CN(C)[C@@H](C1=C=C=C=C1P(C1CCCCC1)C1CCCCC1)[C-]1C=C[CH]C=C1P(C1CCCCC1)C1CCCCC1.[C]1=C=C=C=[C-]1.[Fe+2]. The minimum Gasteiger partial charge on any atom is -0.308 e. The van der Waals surface area contributed by atoms with Crippen molar-refractivity contribution < 1.29 is 17.1 Å². The van der Waals surface area contributed by atoms with Crippen molar-refractivity contribution in [3.8, 4) is 0 Å². The van der Waals surface area contributed by atoms with E-state index in [1.54, 1.807) is 16.5 Å². The molecule has 1 nitrogen and oxygen atoms in total. The van der Waals surface area contributed by atoms with Crippen molar-refractivity contribution in [2.75, 3.05) is 14.1 Å². The molecule has 2 radical (unpaired) electrons. The van der Waals surface area contributed by atoms with E-state index in [1.807, 2.05) is 0 Å². The van der Waals surface area contributed by atoms with E-state index in [4.69, 9.17) is 0 Å². The molecular formula is C43H55FeNP2. The van der Waals surface area contributed by atoms with Crippen LogP contribution in [0.25, 0.3) is 0 Å². The van der Waals surface area contributed by atoms with E-state index in [-0.39, 0.29) is 39.0 Å². The molecule has 7 aliphatic carbocycles. The van der Waals surface area contributed by atoms with Crippen LogP contribution in [-0.2, 0) is 17.1 Å². The van der Waals surface area contributed by atoms with Gasteiger partial charge in [0.15, 0.2) is 0 Å². The summed E-state index contributed by atoms with van der Waals surface area (Å²) < 4.78 is 0. The van der Waals surface area contributed by atoms with Crippen molar-refractivity contribution in [1.82, 2.24) is 4.90 Å². The maximum atomic E-state index is 3.81. The Labute approximate surface area is 300 Å². The predicted octanol–water partition coefficient (Wildman–Crippen LogP) is 11.8. The first-order valence-corrected chi connectivity index (χ1v) is 21.8. The van der Waals surface area contributed by atoms with Gasteiger partial charge in [-0.2, -0.15) is 18.2 Å². The smallest absolute Gasteiger partial charge is 0.308 e. The molecule has 47 heavy (non-hydrogen) atoms. The molecule has 4 fully saturated rings. The first-order chi connectivity index (χ1) is 22.7. The molecule has 4 saturated carbocycles. The first kappa shape index (κ1) is 37.1. The monoisotopic (exact) mass is 703 g/mol. The molecule has 0 bridgehead atoms. The fraction of sp³-hybridized carbons (Fsp3) is 0.628. The molecule has 0 aromatic heterocycles. The Morgan fingerprint density at radius 3 is 1.62 bits per heavy atom. The Kier molecular flexibility index (Phi) is 15.2. The Hall–Kier alpha value is -1.15. The fourth-order valence-corrected chi connectivity index (χ4v) is 17.1. The van der Waals surface area contributed by atoms with Gasteiger partial charge in [0.1, 0.15) is 0 Å². The molecule has 250 valence electrons. The molecule has 0 aromatic carbocycles. The zero-order valence-electron chi connectivity index (χ0n) is 29.0. The summed E-state index contributed by atoms with van der Waals surface area (Å²) >= 11 is 0. The maximum absolute atomic E-state index is 3.81. The molecule has 0 spiro atoms. The van der Waals surface area contributed by atoms with E-state index >= 15 is 0 Å². The molecule has 1 atom stereocenters. The van der Waals surface area contributed by atoms with Gasteiger partial charge in [0.05, 0.1) is 0 Å². The second-order valence-corrected chi connectivity index (χ2v) is 20.1. The van der Waals surface area contributed by atoms with Gasteiger partial charge in [0.2, 0.25) is 0 Å². The Morgan fingerprint density at radius 1 is 0.681 bits per heavy atom. The molecule has 7 rings (SSSR count). The molecule has 0 heterocycles. The summed E-state index contributed by atoms with van der Waals surface area (Å²) in [5, 5.41) is 3.33. The van der Waals surface area contributed by atoms with Crippen LogP contribution < -0.4 is 0 Å². The molecule has 0 aromatic rings. The van der Waals surface area contributed by atoms with Crippen LogP contribution in [0.4, 0.5) is 0 Å². The van der Waals surface area contributed by atoms with Crippen molar-refractivity contribution in [3.05, 3.63) is 93.3 Å². The third-order valence-electron chi connectivity index (χ3n) is 11.4. The fourth-order valence-electron chi connectivity index (χ4n) is 9.28. The van der Waals surface area contributed by atoms with E-state index in [2.05, 4.69) is 90.2 Å². The number of hydrogen-bond acceptors (Lipinski definition) is 1. The zero-order chi connectivity index (χ0) is 31.6.